The quantitative estimate of drug-likeness (QED) is 0.523. The van der Waals surface area contributed by atoms with Crippen molar-refractivity contribution in [1.29, 1.82) is 0 Å². The van der Waals surface area contributed by atoms with Gasteiger partial charge in [0.25, 0.3) is 0 Å². The van der Waals surface area contributed by atoms with Crippen molar-refractivity contribution in [3.8, 4) is 11.5 Å². The Labute approximate surface area is 172 Å². The molecule has 0 spiro atoms. The van der Waals surface area contributed by atoms with E-state index in [0.29, 0.717) is 17.1 Å². The summed E-state index contributed by atoms with van der Waals surface area (Å²) < 4.78 is 49.1. The van der Waals surface area contributed by atoms with Gasteiger partial charge in [-0.1, -0.05) is 0 Å². The van der Waals surface area contributed by atoms with E-state index in [0.717, 1.165) is 4.57 Å². The number of nitrogens with one attached hydrogen (secondary N) is 1. The molecule has 11 heteroatoms. The summed E-state index contributed by atoms with van der Waals surface area (Å²) in [5, 5.41) is 0. The maximum atomic E-state index is 12.7. The number of sulfonamides is 1. The van der Waals surface area contributed by atoms with Crippen LogP contribution in [0.5, 0.6) is 11.5 Å². The molecule has 30 heavy (non-hydrogen) atoms. The standard InChI is InChI=1S/C19H20N2O8S/c1-26-13-4-7-16(27-2)12(8-13)10-20-30(24,25)14-5-6-15-17(9-14)29-19(23)21(15)11-18(22)28-3/h4-9,20H,10-11H2,1-3H3. The number of oxazole rings is 1. The Hall–Kier alpha value is -3.31. The third-order valence-electron chi connectivity index (χ3n) is 4.41. The lowest BCUT2D eigenvalue weighted by Gasteiger charge is -2.12. The molecule has 0 aliphatic heterocycles. The summed E-state index contributed by atoms with van der Waals surface area (Å²) in [4.78, 5) is 23.4. The fourth-order valence-electron chi connectivity index (χ4n) is 2.83. The van der Waals surface area contributed by atoms with E-state index in [1.165, 1.54) is 39.5 Å². The summed E-state index contributed by atoms with van der Waals surface area (Å²) in [5.41, 5.74) is 0.891. The van der Waals surface area contributed by atoms with Gasteiger partial charge >= 0.3 is 11.7 Å². The molecular weight excluding hydrogens is 416 g/mol. The molecule has 0 atom stereocenters. The third-order valence-corrected chi connectivity index (χ3v) is 5.80. The molecule has 0 saturated carbocycles. The van der Waals surface area contributed by atoms with E-state index in [9.17, 15) is 18.0 Å². The second-order valence-electron chi connectivity index (χ2n) is 6.16. The molecule has 0 amide bonds. The van der Waals surface area contributed by atoms with Gasteiger partial charge in [0.05, 0.1) is 31.7 Å². The van der Waals surface area contributed by atoms with Crippen LogP contribution in [0.4, 0.5) is 0 Å². The number of carbonyl (C=O) groups is 1. The van der Waals surface area contributed by atoms with Crippen molar-refractivity contribution in [2.24, 2.45) is 0 Å². The van der Waals surface area contributed by atoms with E-state index < -0.39 is 21.7 Å². The van der Waals surface area contributed by atoms with Gasteiger partial charge in [-0.3, -0.25) is 9.36 Å². The number of nitrogens with zero attached hydrogens (tertiary/aromatic N) is 1. The largest absolute Gasteiger partial charge is 0.497 e. The number of fused-ring (bicyclic) bond motifs is 1. The molecule has 0 aliphatic rings. The fourth-order valence-corrected chi connectivity index (χ4v) is 3.85. The molecule has 1 heterocycles. The van der Waals surface area contributed by atoms with E-state index in [-0.39, 0.29) is 29.1 Å². The van der Waals surface area contributed by atoms with E-state index in [1.54, 1.807) is 18.2 Å². The van der Waals surface area contributed by atoms with Crippen molar-refractivity contribution >= 4 is 27.1 Å². The Kier molecular flexibility index (Phi) is 6.13. The summed E-state index contributed by atoms with van der Waals surface area (Å²) in [7, 11) is 0.249. The number of methoxy groups -OCH3 is 3. The second-order valence-corrected chi connectivity index (χ2v) is 7.93. The summed E-state index contributed by atoms with van der Waals surface area (Å²) in [5.74, 6) is -0.371. The highest BCUT2D eigenvalue weighted by molar-refractivity contribution is 7.89. The Morgan fingerprint density at radius 3 is 2.53 bits per heavy atom. The predicted octanol–water partition coefficient (Wildman–Crippen LogP) is 1.26. The van der Waals surface area contributed by atoms with Crippen LogP contribution < -0.4 is 20.0 Å². The minimum atomic E-state index is -3.94. The van der Waals surface area contributed by atoms with Gasteiger partial charge < -0.3 is 18.6 Å². The lowest BCUT2D eigenvalue weighted by molar-refractivity contribution is -0.141. The van der Waals surface area contributed by atoms with Crippen molar-refractivity contribution in [1.82, 2.24) is 9.29 Å². The first-order valence-corrected chi connectivity index (χ1v) is 10.2. The first kappa shape index (κ1) is 21.4. The number of esters is 1. The van der Waals surface area contributed by atoms with Crippen molar-refractivity contribution in [2.45, 2.75) is 18.0 Å². The van der Waals surface area contributed by atoms with Crippen LogP contribution in [-0.2, 0) is 32.6 Å². The molecule has 0 aliphatic carbocycles. The number of hydrogen-bond donors (Lipinski definition) is 1. The normalized spacial score (nSPS) is 11.4. The number of carbonyl (C=O) groups excluding carboxylic acids is 1. The van der Waals surface area contributed by atoms with Crippen LogP contribution in [0, 0.1) is 0 Å². The monoisotopic (exact) mass is 436 g/mol. The molecule has 160 valence electrons. The lowest BCUT2D eigenvalue weighted by Crippen LogP contribution is -2.23. The topological polar surface area (TPSA) is 126 Å². The minimum absolute atomic E-state index is 0.0331. The number of hydrogen-bond acceptors (Lipinski definition) is 8. The first-order chi connectivity index (χ1) is 14.3. The molecule has 3 aromatic rings. The minimum Gasteiger partial charge on any atom is -0.497 e. The fraction of sp³-hybridized carbons (Fsp3) is 0.263. The summed E-state index contributed by atoms with van der Waals surface area (Å²) in [6.45, 7) is -0.393. The molecule has 10 nitrogen and oxygen atoms in total. The number of benzene rings is 2. The van der Waals surface area contributed by atoms with Gasteiger partial charge in [0, 0.05) is 18.2 Å². The molecule has 0 fully saturated rings. The molecule has 2 aromatic carbocycles. The molecule has 3 rings (SSSR count). The van der Waals surface area contributed by atoms with Gasteiger partial charge in [-0.15, -0.1) is 0 Å². The molecule has 1 aromatic heterocycles. The van der Waals surface area contributed by atoms with Gasteiger partial charge in [0.2, 0.25) is 10.0 Å². The van der Waals surface area contributed by atoms with E-state index >= 15 is 0 Å². The van der Waals surface area contributed by atoms with E-state index in [4.69, 9.17) is 13.9 Å². The van der Waals surface area contributed by atoms with E-state index in [2.05, 4.69) is 9.46 Å². The Bertz CT molecular complexity index is 1240. The highest BCUT2D eigenvalue weighted by Gasteiger charge is 2.19. The van der Waals surface area contributed by atoms with Crippen LogP contribution >= 0.6 is 0 Å². The van der Waals surface area contributed by atoms with Crippen LogP contribution in [0.15, 0.2) is 50.5 Å². The summed E-state index contributed by atoms with van der Waals surface area (Å²) in [6.07, 6.45) is 0. The summed E-state index contributed by atoms with van der Waals surface area (Å²) >= 11 is 0. The average molecular weight is 436 g/mol. The SMILES string of the molecule is COC(=O)Cn1c(=O)oc2cc(S(=O)(=O)NCc3cc(OC)ccc3OC)ccc21. The maximum absolute atomic E-state index is 12.7. The number of rotatable bonds is 8. The molecule has 0 saturated heterocycles. The molecule has 0 radical (unpaired) electrons. The average Bonchev–Trinajstić information content (AvgIpc) is 3.06. The van der Waals surface area contributed by atoms with Crippen molar-refractivity contribution in [3.63, 3.8) is 0 Å². The number of ether oxygens (including phenoxy) is 3. The zero-order valence-corrected chi connectivity index (χ0v) is 17.3. The van der Waals surface area contributed by atoms with Crippen LogP contribution in [0.2, 0.25) is 0 Å². The highest BCUT2D eigenvalue weighted by atomic mass is 32.2. The van der Waals surface area contributed by atoms with Gasteiger partial charge in [0.15, 0.2) is 5.58 Å². The second kappa shape index (κ2) is 8.59. The lowest BCUT2D eigenvalue weighted by atomic mass is 10.2. The molecule has 0 bridgehead atoms. The van der Waals surface area contributed by atoms with Gasteiger partial charge in [-0.2, -0.15) is 0 Å². The van der Waals surface area contributed by atoms with Crippen LogP contribution in [0.1, 0.15) is 5.56 Å². The van der Waals surface area contributed by atoms with Crippen molar-refractivity contribution in [2.75, 3.05) is 21.3 Å². The Morgan fingerprint density at radius 2 is 1.87 bits per heavy atom. The van der Waals surface area contributed by atoms with Crippen LogP contribution in [0.25, 0.3) is 11.1 Å². The third kappa shape index (κ3) is 4.31. The zero-order chi connectivity index (χ0) is 21.9. The van der Waals surface area contributed by atoms with Gasteiger partial charge in [0.1, 0.15) is 18.0 Å². The molecule has 0 unspecified atom stereocenters. The Balaban J connectivity index is 1.88. The smallest absolute Gasteiger partial charge is 0.420 e. The van der Waals surface area contributed by atoms with Crippen molar-refractivity contribution < 1.29 is 31.8 Å². The number of aromatic nitrogens is 1. The molecule has 1 N–H and O–H groups in total. The first-order valence-electron chi connectivity index (χ1n) is 8.70. The maximum Gasteiger partial charge on any atom is 0.420 e. The van der Waals surface area contributed by atoms with Gasteiger partial charge in [-0.05, 0) is 30.3 Å². The van der Waals surface area contributed by atoms with Gasteiger partial charge in [-0.25, -0.2) is 17.9 Å². The van der Waals surface area contributed by atoms with Crippen LogP contribution in [-0.4, -0.2) is 40.3 Å². The Morgan fingerprint density at radius 1 is 1.10 bits per heavy atom. The predicted molar refractivity (Wildman–Crippen MR) is 106 cm³/mol. The highest BCUT2D eigenvalue weighted by Crippen LogP contribution is 2.25. The zero-order valence-electron chi connectivity index (χ0n) is 16.5. The van der Waals surface area contributed by atoms with E-state index in [1.807, 2.05) is 0 Å². The van der Waals surface area contributed by atoms with Crippen LogP contribution in [0.3, 0.4) is 0 Å². The van der Waals surface area contributed by atoms with Crippen molar-refractivity contribution in [3.05, 3.63) is 52.5 Å². The molecular formula is C19H20N2O8S. The summed E-state index contributed by atoms with van der Waals surface area (Å²) in [6, 6.07) is 8.96.